The zero-order valence-electron chi connectivity index (χ0n) is 18.0. The normalized spacial score (nSPS) is 11.6. The van der Waals surface area contributed by atoms with Crippen molar-refractivity contribution in [2.75, 3.05) is 47.6 Å². The number of rotatable bonds is 14. The van der Waals surface area contributed by atoms with E-state index in [0.29, 0.717) is 43.4 Å². The number of sulfonamides is 1. The Bertz CT molecular complexity index is 915. The Labute approximate surface area is 187 Å². The van der Waals surface area contributed by atoms with Gasteiger partial charge in [0.05, 0.1) is 18.6 Å². The van der Waals surface area contributed by atoms with E-state index >= 15 is 0 Å². The van der Waals surface area contributed by atoms with Crippen LogP contribution in [0.4, 0.5) is 0 Å². The van der Waals surface area contributed by atoms with Gasteiger partial charge in [-0.1, -0.05) is 0 Å². The maximum absolute atomic E-state index is 13.2. The van der Waals surface area contributed by atoms with Crippen molar-refractivity contribution in [1.82, 2.24) is 14.6 Å². The second-order valence-corrected chi connectivity index (χ2v) is 9.47. The first-order chi connectivity index (χ1) is 14.9. The summed E-state index contributed by atoms with van der Waals surface area (Å²) < 4.78 is 42.9. The first-order valence-electron chi connectivity index (χ1n) is 9.77. The molecular formula is C20H29N3O6S2. The summed E-state index contributed by atoms with van der Waals surface area (Å²) in [6, 6.07) is 6.24. The summed E-state index contributed by atoms with van der Waals surface area (Å²) in [4.78, 5) is 16.7. The molecule has 0 saturated carbocycles. The predicted molar refractivity (Wildman–Crippen MR) is 118 cm³/mol. The largest absolute Gasteiger partial charge is 0.497 e. The SMILES string of the molecule is COCCCNC(=O)c1csc(CN(CCCOC)S(=O)(=O)c2ccc(OC)cc2)n1. The fourth-order valence-corrected chi connectivity index (χ4v) is 5.02. The summed E-state index contributed by atoms with van der Waals surface area (Å²) in [6.45, 7) is 1.80. The van der Waals surface area contributed by atoms with Gasteiger partial charge in [-0.2, -0.15) is 4.31 Å². The van der Waals surface area contributed by atoms with Crippen LogP contribution in [-0.2, 0) is 26.0 Å². The number of amides is 1. The Balaban J connectivity index is 2.13. The lowest BCUT2D eigenvalue weighted by Crippen LogP contribution is -2.32. The highest BCUT2D eigenvalue weighted by atomic mass is 32.2. The van der Waals surface area contributed by atoms with E-state index in [4.69, 9.17) is 14.2 Å². The molecule has 31 heavy (non-hydrogen) atoms. The van der Waals surface area contributed by atoms with E-state index in [1.54, 1.807) is 31.7 Å². The van der Waals surface area contributed by atoms with Gasteiger partial charge in [-0.05, 0) is 37.1 Å². The van der Waals surface area contributed by atoms with Crippen molar-refractivity contribution in [3.05, 3.63) is 40.3 Å². The summed E-state index contributed by atoms with van der Waals surface area (Å²) in [5.41, 5.74) is 0.274. The molecule has 1 aromatic heterocycles. The lowest BCUT2D eigenvalue weighted by molar-refractivity contribution is 0.0944. The zero-order chi connectivity index (χ0) is 22.7. The van der Waals surface area contributed by atoms with Gasteiger partial charge in [0.2, 0.25) is 10.0 Å². The van der Waals surface area contributed by atoms with Crippen molar-refractivity contribution in [2.24, 2.45) is 0 Å². The topological polar surface area (TPSA) is 107 Å². The molecule has 1 N–H and O–H groups in total. The van der Waals surface area contributed by atoms with Crippen LogP contribution < -0.4 is 10.1 Å². The number of nitrogens with zero attached hydrogens (tertiary/aromatic N) is 2. The minimum absolute atomic E-state index is 0.0691. The van der Waals surface area contributed by atoms with E-state index in [1.165, 1.54) is 34.9 Å². The summed E-state index contributed by atoms with van der Waals surface area (Å²) in [6.07, 6.45) is 1.23. The molecule has 1 aromatic carbocycles. The number of carbonyl (C=O) groups excluding carboxylic acids is 1. The first kappa shape index (κ1) is 25.2. The maximum atomic E-state index is 13.2. The van der Waals surface area contributed by atoms with E-state index < -0.39 is 10.0 Å². The van der Waals surface area contributed by atoms with Crippen molar-refractivity contribution in [3.63, 3.8) is 0 Å². The summed E-state index contributed by atoms with van der Waals surface area (Å²) >= 11 is 1.25. The van der Waals surface area contributed by atoms with Crippen LogP contribution in [-0.4, -0.2) is 71.2 Å². The van der Waals surface area contributed by atoms with Crippen molar-refractivity contribution in [1.29, 1.82) is 0 Å². The van der Waals surface area contributed by atoms with Crippen LogP contribution in [0.3, 0.4) is 0 Å². The molecule has 0 aliphatic rings. The minimum Gasteiger partial charge on any atom is -0.497 e. The van der Waals surface area contributed by atoms with Crippen LogP contribution in [0.15, 0.2) is 34.5 Å². The van der Waals surface area contributed by atoms with Gasteiger partial charge in [0.15, 0.2) is 0 Å². The number of hydrogen-bond acceptors (Lipinski definition) is 8. The van der Waals surface area contributed by atoms with E-state index in [2.05, 4.69) is 10.3 Å². The number of hydrogen-bond donors (Lipinski definition) is 1. The number of methoxy groups -OCH3 is 3. The number of benzene rings is 1. The standard InChI is InChI=1S/C20H29N3O6S2/c1-27-12-4-10-21-20(24)18-15-30-19(22-18)14-23(11-5-13-28-2)31(25,26)17-8-6-16(29-3)7-9-17/h6-9,15H,4-5,10-14H2,1-3H3,(H,21,24). The first-order valence-corrected chi connectivity index (χ1v) is 12.1. The molecule has 11 heteroatoms. The van der Waals surface area contributed by atoms with Gasteiger partial charge in [-0.15, -0.1) is 11.3 Å². The zero-order valence-corrected chi connectivity index (χ0v) is 19.6. The highest BCUT2D eigenvalue weighted by Gasteiger charge is 2.26. The van der Waals surface area contributed by atoms with Crippen LogP contribution in [0.1, 0.15) is 28.3 Å². The van der Waals surface area contributed by atoms with Crippen LogP contribution in [0.2, 0.25) is 0 Å². The van der Waals surface area contributed by atoms with Crippen molar-refractivity contribution < 1.29 is 27.4 Å². The van der Waals surface area contributed by atoms with E-state index in [0.717, 1.165) is 0 Å². The molecular weight excluding hydrogens is 442 g/mol. The van der Waals surface area contributed by atoms with Gasteiger partial charge in [0.25, 0.3) is 5.91 Å². The number of thiazole rings is 1. The minimum atomic E-state index is -3.76. The van der Waals surface area contributed by atoms with E-state index in [1.807, 2.05) is 0 Å². The second kappa shape index (κ2) is 12.7. The third-order valence-corrected chi connectivity index (χ3v) is 7.05. The lowest BCUT2D eigenvalue weighted by Gasteiger charge is -2.21. The third-order valence-electron chi connectivity index (χ3n) is 4.36. The number of carbonyl (C=O) groups is 1. The molecule has 9 nitrogen and oxygen atoms in total. The van der Waals surface area contributed by atoms with Gasteiger partial charge in [-0.25, -0.2) is 13.4 Å². The van der Waals surface area contributed by atoms with E-state index in [9.17, 15) is 13.2 Å². The highest BCUT2D eigenvalue weighted by molar-refractivity contribution is 7.89. The molecule has 0 saturated heterocycles. The van der Waals surface area contributed by atoms with Crippen LogP contribution in [0, 0.1) is 0 Å². The van der Waals surface area contributed by atoms with Gasteiger partial charge < -0.3 is 19.5 Å². The molecule has 172 valence electrons. The molecule has 1 amide bonds. The molecule has 1 heterocycles. The van der Waals surface area contributed by atoms with Crippen molar-refractivity contribution >= 4 is 27.3 Å². The fraction of sp³-hybridized carbons (Fsp3) is 0.500. The van der Waals surface area contributed by atoms with Crippen LogP contribution in [0.25, 0.3) is 0 Å². The fourth-order valence-electron chi connectivity index (χ4n) is 2.71. The Morgan fingerprint density at radius 1 is 1.10 bits per heavy atom. The third kappa shape index (κ3) is 7.54. The van der Waals surface area contributed by atoms with Crippen molar-refractivity contribution in [2.45, 2.75) is 24.3 Å². The second-order valence-electron chi connectivity index (χ2n) is 6.59. The number of nitrogens with one attached hydrogen (secondary N) is 1. The molecule has 2 rings (SSSR count). The quantitative estimate of drug-likeness (QED) is 0.421. The molecule has 0 fully saturated rings. The van der Waals surface area contributed by atoms with Gasteiger partial charge in [0.1, 0.15) is 16.5 Å². The molecule has 0 radical (unpaired) electrons. The highest BCUT2D eigenvalue weighted by Crippen LogP contribution is 2.22. The monoisotopic (exact) mass is 471 g/mol. The molecule has 0 aliphatic heterocycles. The number of aromatic nitrogens is 1. The van der Waals surface area contributed by atoms with Gasteiger partial charge in [0, 0.05) is 45.9 Å². The average molecular weight is 472 g/mol. The Morgan fingerprint density at radius 2 is 1.77 bits per heavy atom. The van der Waals surface area contributed by atoms with Crippen LogP contribution in [0.5, 0.6) is 5.75 Å². The molecule has 0 aliphatic carbocycles. The Kier molecular flexibility index (Phi) is 10.3. The Hall–Kier alpha value is -2.05. The molecule has 0 bridgehead atoms. The average Bonchev–Trinajstić information content (AvgIpc) is 3.25. The molecule has 2 aromatic rings. The molecule has 0 spiro atoms. The van der Waals surface area contributed by atoms with Gasteiger partial charge >= 0.3 is 0 Å². The summed E-state index contributed by atoms with van der Waals surface area (Å²) in [5, 5.41) is 4.95. The van der Waals surface area contributed by atoms with Gasteiger partial charge in [-0.3, -0.25) is 4.79 Å². The number of ether oxygens (including phenoxy) is 3. The smallest absolute Gasteiger partial charge is 0.270 e. The molecule has 0 atom stereocenters. The van der Waals surface area contributed by atoms with E-state index in [-0.39, 0.29) is 29.6 Å². The lowest BCUT2D eigenvalue weighted by atomic mass is 10.3. The molecule has 0 unspecified atom stereocenters. The summed E-state index contributed by atoms with van der Waals surface area (Å²) in [7, 11) is 0.935. The van der Waals surface area contributed by atoms with Crippen LogP contribution >= 0.6 is 11.3 Å². The van der Waals surface area contributed by atoms with Crippen molar-refractivity contribution in [3.8, 4) is 5.75 Å². The Morgan fingerprint density at radius 3 is 2.42 bits per heavy atom. The predicted octanol–water partition coefficient (Wildman–Crippen LogP) is 2.15. The summed E-state index contributed by atoms with van der Waals surface area (Å²) in [5.74, 6) is 0.286. The maximum Gasteiger partial charge on any atom is 0.270 e.